The van der Waals surface area contributed by atoms with Crippen LogP contribution in [0.1, 0.15) is 40.5 Å². The highest BCUT2D eigenvalue weighted by Crippen LogP contribution is 2.52. The van der Waals surface area contributed by atoms with Crippen LogP contribution in [0.15, 0.2) is 29.3 Å². The summed E-state index contributed by atoms with van der Waals surface area (Å²) in [6.45, 7) is 10.4. The molecule has 0 aliphatic rings. The molecule has 0 radical (unpaired) electrons. The van der Waals surface area contributed by atoms with Gasteiger partial charge in [-0.05, 0) is 40.5 Å². The van der Waals surface area contributed by atoms with Gasteiger partial charge in [-0.3, -0.25) is 0 Å². The summed E-state index contributed by atoms with van der Waals surface area (Å²) in [5.74, 6) is 0.577. The number of ether oxygens (including phenoxy) is 1. The van der Waals surface area contributed by atoms with E-state index in [1.54, 1.807) is 6.92 Å². The lowest BCUT2D eigenvalue weighted by molar-refractivity contribution is -0.135. The van der Waals surface area contributed by atoms with E-state index >= 15 is 0 Å². The standard InChI is InChI=1S/C16H29N2O4PS/c1-7-10-11-12-21-23(24,17-15(5)18(8-2)9-3)22-14(4)13-16(19)20-6/h7,13H,1,8-12H2,2-6H3. The molecule has 1 atom stereocenters. The van der Waals surface area contributed by atoms with Crippen LogP contribution >= 0.6 is 6.64 Å². The van der Waals surface area contributed by atoms with Crippen LogP contribution in [0.5, 0.6) is 0 Å². The largest absolute Gasteiger partial charge is 0.466 e. The Morgan fingerprint density at radius 2 is 1.96 bits per heavy atom. The van der Waals surface area contributed by atoms with Crippen molar-refractivity contribution in [2.45, 2.75) is 40.5 Å². The first-order valence-corrected chi connectivity index (χ1v) is 10.5. The number of esters is 1. The first-order valence-electron chi connectivity index (χ1n) is 7.94. The number of hydrogen-bond donors (Lipinski definition) is 0. The molecule has 0 fully saturated rings. The monoisotopic (exact) mass is 376 g/mol. The summed E-state index contributed by atoms with van der Waals surface area (Å²) in [5, 5.41) is 0. The average molecular weight is 376 g/mol. The first kappa shape index (κ1) is 22.8. The minimum atomic E-state index is -2.95. The Hall–Kier alpha value is -1.17. The third-order valence-corrected chi connectivity index (χ3v) is 5.42. The average Bonchev–Trinajstić information content (AvgIpc) is 2.52. The highest BCUT2D eigenvalue weighted by molar-refractivity contribution is 8.09. The SMILES string of the molecule is C=CCCCOP(=S)(N=C(C)N(CC)CC)OC(C)=CC(=O)OC. The van der Waals surface area contributed by atoms with E-state index in [-0.39, 0.29) is 0 Å². The van der Waals surface area contributed by atoms with Gasteiger partial charge in [0.05, 0.1) is 19.8 Å². The van der Waals surface area contributed by atoms with Crippen molar-refractivity contribution in [3.05, 3.63) is 24.5 Å². The van der Waals surface area contributed by atoms with Crippen molar-refractivity contribution in [2.24, 2.45) is 4.76 Å². The quantitative estimate of drug-likeness (QED) is 0.0792. The molecule has 0 rings (SSSR count). The summed E-state index contributed by atoms with van der Waals surface area (Å²) < 4.78 is 20.6. The summed E-state index contributed by atoms with van der Waals surface area (Å²) in [5.41, 5.74) is 0. The van der Waals surface area contributed by atoms with Crippen LogP contribution in [0.4, 0.5) is 0 Å². The molecule has 24 heavy (non-hydrogen) atoms. The molecule has 1 unspecified atom stereocenters. The van der Waals surface area contributed by atoms with Gasteiger partial charge in [-0.15, -0.1) is 6.58 Å². The van der Waals surface area contributed by atoms with Crippen LogP contribution in [-0.4, -0.2) is 43.5 Å². The molecule has 138 valence electrons. The summed E-state index contributed by atoms with van der Waals surface area (Å²) in [6.07, 6.45) is 4.66. The second kappa shape index (κ2) is 12.2. The zero-order chi connectivity index (χ0) is 18.6. The van der Waals surface area contributed by atoms with E-state index in [1.807, 2.05) is 26.8 Å². The molecule has 0 N–H and O–H groups in total. The topological polar surface area (TPSA) is 60.4 Å². The molecule has 0 bridgehead atoms. The highest BCUT2D eigenvalue weighted by atomic mass is 32.5. The zero-order valence-corrected chi connectivity index (χ0v) is 17.0. The van der Waals surface area contributed by atoms with Gasteiger partial charge in [-0.2, -0.15) is 4.76 Å². The van der Waals surface area contributed by atoms with E-state index in [9.17, 15) is 4.79 Å². The van der Waals surface area contributed by atoms with Gasteiger partial charge in [0, 0.05) is 24.9 Å². The predicted octanol–water partition coefficient (Wildman–Crippen LogP) is 4.05. The van der Waals surface area contributed by atoms with Crippen LogP contribution in [-0.2, 0) is 30.4 Å². The number of rotatable bonds is 11. The molecule has 0 amide bonds. The number of carbonyl (C=O) groups excluding carboxylic acids is 1. The van der Waals surface area contributed by atoms with E-state index in [4.69, 9.17) is 20.9 Å². The fourth-order valence-corrected chi connectivity index (χ4v) is 4.18. The minimum absolute atomic E-state index is 0.324. The van der Waals surface area contributed by atoms with Crippen LogP contribution in [0.2, 0.25) is 0 Å². The molecule has 0 aliphatic carbocycles. The van der Waals surface area contributed by atoms with Crippen LogP contribution in [0.25, 0.3) is 0 Å². The Balaban J connectivity index is 5.31. The number of methoxy groups -OCH3 is 1. The number of unbranched alkanes of at least 4 members (excludes halogenated alkanes) is 1. The molecular formula is C16H29N2O4PS. The van der Waals surface area contributed by atoms with Crippen LogP contribution in [0.3, 0.4) is 0 Å². The fourth-order valence-electron chi connectivity index (χ4n) is 1.84. The highest BCUT2D eigenvalue weighted by Gasteiger charge is 2.22. The molecule has 0 aromatic rings. The van der Waals surface area contributed by atoms with Crippen molar-refractivity contribution in [1.82, 2.24) is 4.90 Å². The van der Waals surface area contributed by atoms with Gasteiger partial charge < -0.3 is 18.7 Å². The maximum Gasteiger partial charge on any atom is 0.362 e. The lowest BCUT2D eigenvalue weighted by Crippen LogP contribution is -2.28. The number of hydrogen-bond acceptors (Lipinski definition) is 5. The van der Waals surface area contributed by atoms with Gasteiger partial charge >= 0.3 is 12.6 Å². The van der Waals surface area contributed by atoms with Gasteiger partial charge in [0.2, 0.25) is 0 Å². The van der Waals surface area contributed by atoms with Crippen molar-refractivity contribution in [3.8, 4) is 0 Å². The Bertz CT molecular complexity index is 516. The molecule has 0 aliphatic heterocycles. The van der Waals surface area contributed by atoms with E-state index in [1.165, 1.54) is 13.2 Å². The summed E-state index contributed by atoms with van der Waals surface area (Å²) in [4.78, 5) is 13.4. The summed E-state index contributed by atoms with van der Waals surface area (Å²) in [6, 6.07) is 0. The molecule has 8 heteroatoms. The third kappa shape index (κ3) is 9.21. The minimum Gasteiger partial charge on any atom is -0.466 e. The van der Waals surface area contributed by atoms with Gasteiger partial charge in [0.15, 0.2) is 0 Å². The van der Waals surface area contributed by atoms with Crippen LogP contribution < -0.4 is 0 Å². The molecule has 0 aromatic carbocycles. The van der Waals surface area contributed by atoms with E-state index < -0.39 is 12.6 Å². The van der Waals surface area contributed by atoms with Gasteiger partial charge in [-0.1, -0.05) is 6.08 Å². The van der Waals surface area contributed by atoms with Crippen molar-refractivity contribution in [1.29, 1.82) is 0 Å². The second-order valence-electron chi connectivity index (χ2n) is 4.92. The van der Waals surface area contributed by atoms with Crippen molar-refractivity contribution < 1.29 is 18.6 Å². The first-order chi connectivity index (χ1) is 11.3. The molecule has 0 saturated heterocycles. The van der Waals surface area contributed by atoms with E-state index in [2.05, 4.69) is 21.0 Å². The second-order valence-corrected chi connectivity index (χ2v) is 7.88. The summed E-state index contributed by atoms with van der Waals surface area (Å²) >= 11 is 5.54. The lowest BCUT2D eigenvalue weighted by Gasteiger charge is -2.24. The van der Waals surface area contributed by atoms with Gasteiger partial charge in [0.1, 0.15) is 11.6 Å². The zero-order valence-electron chi connectivity index (χ0n) is 15.3. The maximum atomic E-state index is 11.3. The Morgan fingerprint density at radius 1 is 1.33 bits per heavy atom. The molecule has 0 spiro atoms. The fraction of sp³-hybridized carbons (Fsp3) is 0.625. The maximum absolute atomic E-state index is 11.3. The van der Waals surface area contributed by atoms with Crippen molar-refractivity contribution in [3.63, 3.8) is 0 Å². The normalized spacial score (nSPS) is 14.7. The van der Waals surface area contributed by atoms with E-state index in [0.29, 0.717) is 12.4 Å². The molecule has 0 heterocycles. The smallest absolute Gasteiger partial charge is 0.362 e. The Labute approximate surface area is 150 Å². The Morgan fingerprint density at radius 3 is 2.46 bits per heavy atom. The third-order valence-electron chi connectivity index (χ3n) is 3.08. The number of amidine groups is 1. The van der Waals surface area contributed by atoms with Gasteiger partial charge in [0.25, 0.3) is 0 Å². The van der Waals surface area contributed by atoms with Crippen molar-refractivity contribution in [2.75, 3.05) is 26.8 Å². The molecule has 0 aromatic heterocycles. The predicted molar refractivity (Wildman–Crippen MR) is 103 cm³/mol. The number of allylic oxidation sites excluding steroid dienone is 2. The Kier molecular flexibility index (Phi) is 11.6. The summed E-state index contributed by atoms with van der Waals surface area (Å²) in [7, 11) is 1.30. The molecule has 0 saturated carbocycles. The molecular weight excluding hydrogens is 347 g/mol. The number of nitrogens with zero attached hydrogens (tertiary/aromatic N) is 2. The van der Waals surface area contributed by atoms with Gasteiger partial charge in [-0.25, -0.2) is 4.79 Å². The van der Waals surface area contributed by atoms with Crippen molar-refractivity contribution >= 4 is 30.3 Å². The number of carbonyl (C=O) groups is 1. The lowest BCUT2D eigenvalue weighted by atomic mass is 10.3. The molecule has 6 nitrogen and oxygen atoms in total. The van der Waals surface area contributed by atoms with Crippen LogP contribution in [0, 0.1) is 0 Å². The van der Waals surface area contributed by atoms with E-state index in [0.717, 1.165) is 31.8 Å².